The molecule has 1 heterocycles. The lowest BCUT2D eigenvalue weighted by Gasteiger charge is -1.98. The molecule has 0 radical (unpaired) electrons. The predicted molar refractivity (Wildman–Crippen MR) is 70.9 cm³/mol. The predicted octanol–water partition coefficient (Wildman–Crippen LogP) is 2.07. The molecule has 0 unspecified atom stereocenters. The van der Waals surface area contributed by atoms with E-state index in [1.54, 1.807) is 19.2 Å². The molecule has 0 aliphatic rings. The summed E-state index contributed by atoms with van der Waals surface area (Å²) in [5.41, 5.74) is 0.869. The van der Waals surface area contributed by atoms with E-state index in [1.807, 2.05) is 24.3 Å². The van der Waals surface area contributed by atoms with Gasteiger partial charge < -0.3 is 14.5 Å². The van der Waals surface area contributed by atoms with Gasteiger partial charge in [-0.1, -0.05) is 11.8 Å². The first-order valence-electron chi connectivity index (χ1n) is 5.74. The zero-order valence-electron chi connectivity index (χ0n) is 10.5. The van der Waals surface area contributed by atoms with Crippen molar-refractivity contribution in [1.82, 2.24) is 5.32 Å². The zero-order valence-corrected chi connectivity index (χ0v) is 10.5. The van der Waals surface area contributed by atoms with E-state index in [9.17, 15) is 4.79 Å². The number of ether oxygens (including phenoxy) is 1. The molecule has 0 saturated heterocycles. The van der Waals surface area contributed by atoms with Crippen LogP contribution >= 0.6 is 0 Å². The van der Waals surface area contributed by atoms with E-state index in [4.69, 9.17) is 9.15 Å². The van der Waals surface area contributed by atoms with Gasteiger partial charge in [-0.25, -0.2) is 0 Å². The summed E-state index contributed by atoms with van der Waals surface area (Å²) < 4.78 is 10.0. The maximum absolute atomic E-state index is 11.5. The molecule has 96 valence electrons. The maximum Gasteiger partial charge on any atom is 0.287 e. The minimum Gasteiger partial charge on any atom is -0.497 e. The fourth-order valence-corrected chi connectivity index (χ4v) is 1.44. The Morgan fingerprint density at radius 1 is 1.32 bits per heavy atom. The number of hydrogen-bond acceptors (Lipinski definition) is 3. The van der Waals surface area contributed by atoms with E-state index in [0.29, 0.717) is 0 Å². The summed E-state index contributed by atoms with van der Waals surface area (Å²) in [5, 5.41) is 2.65. The highest BCUT2D eigenvalue weighted by atomic mass is 16.5. The van der Waals surface area contributed by atoms with Crippen molar-refractivity contribution < 1.29 is 13.9 Å². The number of rotatable bonds is 3. The summed E-state index contributed by atoms with van der Waals surface area (Å²) in [7, 11) is 1.62. The molecule has 2 aromatic rings. The van der Waals surface area contributed by atoms with Crippen LogP contribution in [0.3, 0.4) is 0 Å². The van der Waals surface area contributed by atoms with Crippen molar-refractivity contribution in [2.24, 2.45) is 0 Å². The van der Waals surface area contributed by atoms with Crippen molar-refractivity contribution in [2.45, 2.75) is 0 Å². The van der Waals surface area contributed by atoms with Crippen LogP contribution in [0.5, 0.6) is 5.75 Å². The summed E-state index contributed by atoms with van der Waals surface area (Å²) in [5.74, 6) is 6.62. The highest BCUT2D eigenvalue weighted by Crippen LogP contribution is 2.09. The SMILES string of the molecule is COc1ccc(C#CCNC(=O)c2ccco2)cc1. The van der Waals surface area contributed by atoms with E-state index in [-0.39, 0.29) is 18.2 Å². The minimum absolute atomic E-state index is 0.269. The van der Waals surface area contributed by atoms with E-state index in [0.717, 1.165) is 11.3 Å². The average molecular weight is 255 g/mol. The van der Waals surface area contributed by atoms with Crippen molar-refractivity contribution in [3.63, 3.8) is 0 Å². The number of nitrogens with one attached hydrogen (secondary N) is 1. The molecular weight excluding hydrogens is 242 g/mol. The van der Waals surface area contributed by atoms with Crippen molar-refractivity contribution >= 4 is 5.91 Å². The van der Waals surface area contributed by atoms with Gasteiger partial charge in [0.2, 0.25) is 0 Å². The zero-order chi connectivity index (χ0) is 13.5. The van der Waals surface area contributed by atoms with Gasteiger partial charge in [0.25, 0.3) is 5.91 Å². The number of carbonyl (C=O) groups is 1. The van der Waals surface area contributed by atoms with Gasteiger partial charge in [0.1, 0.15) is 5.75 Å². The van der Waals surface area contributed by atoms with Gasteiger partial charge in [-0.2, -0.15) is 0 Å². The summed E-state index contributed by atoms with van der Waals surface area (Å²) in [6.45, 7) is 0.269. The van der Waals surface area contributed by atoms with Crippen LogP contribution in [0.15, 0.2) is 47.1 Å². The number of benzene rings is 1. The summed E-state index contributed by atoms with van der Waals surface area (Å²) in [6, 6.07) is 10.7. The molecule has 4 heteroatoms. The maximum atomic E-state index is 11.5. The molecule has 0 fully saturated rings. The van der Waals surface area contributed by atoms with Crippen LogP contribution in [0.1, 0.15) is 16.1 Å². The molecule has 1 N–H and O–H groups in total. The Bertz CT molecular complexity index is 589. The van der Waals surface area contributed by atoms with Crippen LogP contribution in [0.25, 0.3) is 0 Å². The Morgan fingerprint density at radius 2 is 2.11 bits per heavy atom. The van der Waals surface area contributed by atoms with Gasteiger partial charge in [0, 0.05) is 5.56 Å². The monoisotopic (exact) mass is 255 g/mol. The molecule has 0 atom stereocenters. The normalized spacial score (nSPS) is 9.32. The van der Waals surface area contributed by atoms with E-state index in [1.165, 1.54) is 6.26 Å². The number of carbonyl (C=O) groups excluding carboxylic acids is 1. The van der Waals surface area contributed by atoms with E-state index in [2.05, 4.69) is 17.2 Å². The number of methoxy groups -OCH3 is 1. The fourth-order valence-electron chi connectivity index (χ4n) is 1.44. The molecular formula is C15H13NO3. The van der Waals surface area contributed by atoms with Crippen molar-refractivity contribution in [3.05, 3.63) is 54.0 Å². The number of hydrogen-bond donors (Lipinski definition) is 1. The van der Waals surface area contributed by atoms with Crippen LogP contribution in [-0.4, -0.2) is 19.6 Å². The van der Waals surface area contributed by atoms with E-state index >= 15 is 0 Å². The number of amides is 1. The first-order valence-corrected chi connectivity index (χ1v) is 5.74. The summed E-state index contributed by atoms with van der Waals surface area (Å²) in [6.07, 6.45) is 1.46. The van der Waals surface area contributed by atoms with Gasteiger partial charge in [0.05, 0.1) is 19.9 Å². The third-order valence-corrected chi connectivity index (χ3v) is 2.41. The lowest BCUT2D eigenvalue weighted by Crippen LogP contribution is -2.22. The summed E-state index contributed by atoms with van der Waals surface area (Å²) >= 11 is 0. The molecule has 1 aromatic heterocycles. The molecule has 0 spiro atoms. The lowest BCUT2D eigenvalue weighted by atomic mass is 10.2. The van der Waals surface area contributed by atoms with Crippen molar-refractivity contribution in [1.29, 1.82) is 0 Å². The Morgan fingerprint density at radius 3 is 2.74 bits per heavy atom. The Labute approximate surface area is 111 Å². The van der Waals surface area contributed by atoms with Crippen LogP contribution in [0.4, 0.5) is 0 Å². The van der Waals surface area contributed by atoms with Crippen LogP contribution < -0.4 is 10.1 Å². The second kappa shape index (κ2) is 6.31. The smallest absolute Gasteiger partial charge is 0.287 e. The average Bonchev–Trinajstić information content (AvgIpc) is 2.98. The first-order chi connectivity index (χ1) is 9.29. The second-order valence-electron chi connectivity index (χ2n) is 3.69. The van der Waals surface area contributed by atoms with E-state index < -0.39 is 0 Å². The van der Waals surface area contributed by atoms with Gasteiger partial charge in [-0.15, -0.1) is 0 Å². The standard InChI is InChI=1S/C15H13NO3/c1-18-13-8-6-12(7-9-13)4-2-10-16-15(17)14-5-3-11-19-14/h3,5-9,11H,10H2,1H3,(H,16,17). The van der Waals surface area contributed by atoms with Crippen molar-refractivity contribution in [3.8, 4) is 17.6 Å². The van der Waals surface area contributed by atoms with Crippen LogP contribution in [-0.2, 0) is 0 Å². The Kier molecular flexibility index (Phi) is 4.25. The highest BCUT2D eigenvalue weighted by molar-refractivity contribution is 5.91. The molecule has 0 aliphatic carbocycles. The van der Waals surface area contributed by atoms with Gasteiger partial charge in [-0.3, -0.25) is 4.79 Å². The topological polar surface area (TPSA) is 51.5 Å². The van der Waals surface area contributed by atoms with Crippen molar-refractivity contribution in [2.75, 3.05) is 13.7 Å². The molecule has 1 amide bonds. The quantitative estimate of drug-likeness (QED) is 0.854. The fraction of sp³-hybridized carbons (Fsp3) is 0.133. The largest absolute Gasteiger partial charge is 0.497 e. The Balaban J connectivity index is 1.85. The molecule has 4 nitrogen and oxygen atoms in total. The highest BCUT2D eigenvalue weighted by Gasteiger charge is 2.05. The number of furan rings is 1. The Hall–Kier alpha value is -2.67. The molecule has 19 heavy (non-hydrogen) atoms. The molecule has 2 rings (SSSR count). The van der Waals surface area contributed by atoms with Gasteiger partial charge >= 0.3 is 0 Å². The third kappa shape index (κ3) is 3.65. The third-order valence-electron chi connectivity index (χ3n) is 2.41. The molecule has 1 aromatic carbocycles. The second-order valence-corrected chi connectivity index (χ2v) is 3.69. The lowest BCUT2D eigenvalue weighted by molar-refractivity contribution is 0.0931. The van der Waals surface area contributed by atoms with Gasteiger partial charge in [0.15, 0.2) is 5.76 Å². The minimum atomic E-state index is -0.269. The first kappa shape index (κ1) is 12.8. The molecule has 0 bridgehead atoms. The van der Waals surface area contributed by atoms with Crippen LogP contribution in [0, 0.1) is 11.8 Å². The summed E-state index contributed by atoms with van der Waals surface area (Å²) in [4.78, 5) is 11.5. The molecule has 0 saturated carbocycles. The van der Waals surface area contributed by atoms with Gasteiger partial charge in [-0.05, 0) is 36.4 Å². The molecule has 0 aliphatic heterocycles. The van der Waals surface area contributed by atoms with Crippen LogP contribution in [0.2, 0.25) is 0 Å².